The van der Waals surface area contributed by atoms with Crippen LogP contribution in [0, 0.1) is 0 Å². The summed E-state index contributed by atoms with van der Waals surface area (Å²) in [5.74, 6) is 1.38. The second-order valence-corrected chi connectivity index (χ2v) is 5.11. The summed E-state index contributed by atoms with van der Waals surface area (Å²) in [4.78, 5) is 0. The minimum absolute atomic E-state index is 0.339. The second kappa shape index (κ2) is 6.35. The Labute approximate surface area is 128 Å². The third-order valence-electron chi connectivity index (χ3n) is 3.04. The zero-order valence-electron chi connectivity index (χ0n) is 11.2. The molecule has 1 unspecified atom stereocenters. The first kappa shape index (κ1) is 15.0. The Morgan fingerprint density at radius 3 is 1.95 bits per heavy atom. The lowest BCUT2D eigenvalue weighted by Crippen LogP contribution is -2.12. The largest absolute Gasteiger partial charge is 0.497 e. The van der Waals surface area contributed by atoms with Gasteiger partial charge in [0.15, 0.2) is 0 Å². The molecule has 0 fully saturated rings. The maximum absolute atomic E-state index is 6.27. The van der Waals surface area contributed by atoms with Gasteiger partial charge in [-0.05, 0) is 35.4 Å². The summed E-state index contributed by atoms with van der Waals surface area (Å²) in [6.45, 7) is 0. The Bertz CT molecular complexity index is 595. The van der Waals surface area contributed by atoms with Gasteiger partial charge in [-0.2, -0.15) is 0 Å². The number of methoxy groups -OCH3 is 2. The van der Waals surface area contributed by atoms with Crippen LogP contribution in [0.3, 0.4) is 0 Å². The molecule has 2 aromatic carbocycles. The predicted molar refractivity (Wildman–Crippen MR) is 82.0 cm³/mol. The summed E-state index contributed by atoms with van der Waals surface area (Å²) in [5.41, 5.74) is 8.01. The maximum atomic E-state index is 6.27. The first-order valence-corrected chi connectivity index (χ1v) is 6.74. The van der Waals surface area contributed by atoms with Gasteiger partial charge < -0.3 is 15.2 Å². The van der Waals surface area contributed by atoms with E-state index in [-0.39, 0.29) is 6.04 Å². The summed E-state index contributed by atoms with van der Waals surface area (Å²) in [7, 11) is 3.20. The van der Waals surface area contributed by atoms with Crippen LogP contribution in [0.15, 0.2) is 36.4 Å². The summed E-state index contributed by atoms with van der Waals surface area (Å²) in [5, 5.41) is 0.986. The van der Waals surface area contributed by atoms with Crippen molar-refractivity contribution in [2.75, 3.05) is 14.2 Å². The Morgan fingerprint density at radius 2 is 1.45 bits per heavy atom. The molecule has 0 heterocycles. The van der Waals surface area contributed by atoms with Gasteiger partial charge in [0.2, 0.25) is 0 Å². The van der Waals surface area contributed by atoms with Crippen molar-refractivity contribution in [1.82, 2.24) is 0 Å². The molecule has 0 spiro atoms. The molecule has 0 aliphatic carbocycles. The molecule has 0 saturated carbocycles. The minimum atomic E-state index is -0.339. The Kier molecular flexibility index (Phi) is 4.76. The Balaban J connectivity index is 2.41. The molecular formula is C15H15Cl2NO2. The van der Waals surface area contributed by atoms with E-state index in [4.69, 9.17) is 38.4 Å². The SMILES string of the molecule is COc1cc(OC)cc(C(N)c2ccc(Cl)c(Cl)c2)c1. The fourth-order valence-electron chi connectivity index (χ4n) is 1.91. The van der Waals surface area contributed by atoms with Crippen molar-refractivity contribution in [2.24, 2.45) is 5.73 Å². The molecule has 0 aliphatic heterocycles. The van der Waals surface area contributed by atoms with Gasteiger partial charge in [0, 0.05) is 6.07 Å². The second-order valence-electron chi connectivity index (χ2n) is 4.30. The fraction of sp³-hybridized carbons (Fsp3) is 0.200. The summed E-state index contributed by atoms with van der Waals surface area (Å²) in [6.07, 6.45) is 0. The Hall–Kier alpha value is -1.42. The van der Waals surface area contributed by atoms with Crippen molar-refractivity contribution in [2.45, 2.75) is 6.04 Å². The van der Waals surface area contributed by atoms with Crippen LogP contribution in [0.25, 0.3) is 0 Å². The molecule has 0 amide bonds. The van der Waals surface area contributed by atoms with E-state index in [9.17, 15) is 0 Å². The highest BCUT2D eigenvalue weighted by Gasteiger charge is 2.13. The van der Waals surface area contributed by atoms with Crippen LogP contribution in [0.1, 0.15) is 17.2 Å². The van der Waals surface area contributed by atoms with Crippen molar-refractivity contribution in [3.8, 4) is 11.5 Å². The van der Waals surface area contributed by atoms with E-state index in [1.807, 2.05) is 18.2 Å². The van der Waals surface area contributed by atoms with E-state index in [2.05, 4.69) is 0 Å². The van der Waals surface area contributed by atoms with Gasteiger partial charge in [0.1, 0.15) is 11.5 Å². The van der Waals surface area contributed by atoms with Crippen molar-refractivity contribution >= 4 is 23.2 Å². The van der Waals surface area contributed by atoms with Crippen LogP contribution >= 0.6 is 23.2 Å². The normalized spacial score (nSPS) is 12.1. The number of halogens is 2. The van der Waals surface area contributed by atoms with E-state index in [1.165, 1.54) is 0 Å². The molecule has 106 valence electrons. The highest BCUT2D eigenvalue weighted by Crippen LogP contribution is 2.31. The standard InChI is InChI=1S/C15H15Cl2NO2/c1-19-11-5-10(6-12(8-11)20-2)15(18)9-3-4-13(16)14(17)7-9/h3-8,15H,18H2,1-2H3. The van der Waals surface area contributed by atoms with Gasteiger partial charge in [0.25, 0.3) is 0 Å². The lowest BCUT2D eigenvalue weighted by molar-refractivity contribution is 0.393. The van der Waals surface area contributed by atoms with Gasteiger partial charge in [-0.3, -0.25) is 0 Å². The van der Waals surface area contributed by atoms with E-state index >= 15 is 0 Å². The number of rotatable bonds is 4. The number of benzene rings is 2. The van der Waals surface area contributed by atoms with Crippen LogP contribution in [0.4, 0.5) is 0 Å². The average molecular weight is 312 g/mol. The number of nitrogens with two attached hydrogens (primary N) is 1. The molecule has 2 rings (SSSR count). The van der Waals surface area contributed by atoms with Crippen LogP contribution in [-0.2, 0) is 0 Å². The molecule has 0 saturated heterocycles. The highest BCUT2D eigenvalue weighted by atomic mass is 35.5. The van der Waals surface area contributed by atoms with Crippen LogP contribution in [-0.4, -0.2) is 14.2 Å². The molecule has 0 bridgehead atoms. The molecule has 0 radical (unpaired) electrons. The van der Waals surface area contributed by atoms with Crippen LogP contribution in [0.2, 0.25) is 10.0 Å². The molecule has 1 atom stereocenters. The molecule has 0 aromatic heterocycles. The minimum Gasteiger partial charge on any atom is -0.497 e. The first-order chi connectivity index (χ1) is 9.55. The molecular weight excluding hydrogens is 297 g/mol. The maximum Gasteiger partial charge on any atom is 0.122 e. The van der Waals surface area contributed by atoms with E-state index in [1.54, 1.807) is 32.4 Å². The molecule has 2 aromatic rings. The fourth-order valence-corrected chi connectivity index (χ4v) is 2.21. The zero-order valence-corrected chi connectivity index (χ0v) is 12.7. The quantitative estimate of drug-likeness (QED) is 0.926. The third-order valence-corrected chi connectivity index (χ3v) is 3.77. The monoisotopic (exact) mass is 311 g/mol. The smallest absolute Gasteiger partial charge is 0.122 e. The summed E-state index contributed by atoms with van der Waals surface area (Å²) < 4.78 is 10.5. The summed E-state index contributed by atoms with van der Waals surface area (Å²) >= 11 is 11.9. The van der Waals surface area contributed by atoms with Gasteiger partial charge in [-0.1, -0.05) is 29.3 Å². The van der Waals surface area contributed by atoms with E-state index in [0.717, 1.165) is 11.1 Å². The molecule has 0 aliphatic rings. The van der Waals surface area contributed by atoms with Crippen molar-refractivity contribution in [1.29, 1.82) is 0 Å². The average Bonchev–Trinajstić information content (AvgIpc) is 2.48. The molecule has 20 heavy (non-hydrogen) atoms. The molecule has 3 nitrogen and oxygen atoms in total. The topological polar surface area (TPSA) is 44.5 Å². The Morgan fingerprint density at radius 1 is 0.850 bits per heavy atom. The third kappa shape index (κ3) is 3.18. The van der Waals surface area contributed by atoms with Crippen molar-refractivity contribution in [3.05, 3.63) is 57.6 Å². The van der Waals surface area contributed by atoms with Gasteiger partial charge in [-0.25, -0.2) is 0 Å². The predicted octanol–water partition coefficient (Wildman–Crippen LogP) is 4.06. The molecule has 5 heteroatoms. The summed E-state index contributed by atoms with van der Waals surface area (Å²) in [6, 6.07) is 10.5. The van der Waals surface area contributed by atoms with Gasteiger partial charge in [-0.15, -0.1) is 0 Å². The van der Waals surface area contributed by atoms with Crippen molar-refractivity contribution in [3.63, 3.8) is 0 Å². The van der Waals surface area contributed by atoms with Gasteiger partial charge in [0.05, 0.1) is 30.3 Å². The highest BCUT2D eigenvalue weighted by molar-refractivity contribution is 6.42. The van der Waals surface area contributed by atoms with Gasteiger partial charge >= 0.3 is 0 Å². The van der Waals surface area contributed by atoms with Crippen LogP contribution < -0.4 is 15.2 Å². The van der Waals surface area contributed by atoms with Crippen molar-refractivity contribution < 1.29 is 9.47 Å². The molecule has 2 N–H and O–H groups in total. The lowest BCUT2D eigenvalue weighted by atomic mass is 9.99. The van der Waals surface area contributed by atoms with E-state index in [0.29, 0.717) is 21.5 Å². The van der Waals surface area contributed by atoms with E-state index < -0.39 is 0 Å². The number of hydrogen-bond acceptors (Lipinski definition) is 3. The zero-order chi connectivity index (χ0) is 14.7. The van der Waals surface area contributed by atoms with Crippen LogP contribution in [0.5, 0.6) is 11.5 Å². The first-order valence-electron chi connectivity index (χ1n) is 5.98. The number of ether oxygens (including phenoxy) is 2. The number of hydrogen-bond donors (Lipinski definition) is 1. The lowest BCUT2D eigenvalue weighted by Gasteiger charge is -2.15.